The summed E-state index contributed by atoms with van der Waals surface area (Å²) in [5, 5.41) is 2.92. The molecule has 2 aliphatic heterocycles. The Labute approximate surface area is 184 Å². The molecule has 0 spiro atoms. The summed E-state index contributed by atoms with van der Waals surface area (Å²) >= 11 is 0. The molecule has 164 valence electrons. The molecule has 1 N–H and O–H groups in total. The van der Waals surface area contributed by atoms with Crippen LogP contribution in [-0.2, 0) is 14.8 Å². The van der Waals surface area contributed by atoms with E-state index < -0.39 is 10.0 Å². The number of carbonyl (C=O) groups excluding carboxylic acids is 1. The van der Waals surface area contributed by atoms with Crippen molar-refractivity contribution in [1.29, 1.82) is 0 Å². The number of sulfonamides is 1. The van der Waals surface area contributed by atoms with Gasteiger partial charge in [-0.3, -0.25) is 9.69 Å². The van der Waals surface area contributed by atoms with Crippen molar-refractivity contribution in [3.63, 3.8) is 0 Å². The van der Waals surface area contributed by atoms with Gasteiger partial charge in [-0.25, -0.2) is 8.42 Å². The Morgan fingerprint density at radius 1 is 0.968 bits per heavy atom. The van der Waals surface area contributed by atoms with E-state index in [0.29, 0.717) is 18.8 Å². The van der Waals surface area contributed by atoms with E-state index in [1.54, 1.807) is 24.3 Å². The number of nitrogens with zero attached hydrogens (tertiary/aromatic N) is 2. The van der Waals surface area contributed by atoms with Gasteiger partial charge >= 0.3 is 0 Å². The Balaban J connectivity index is 1.35. The second kappa shape index (κ2) is 9.34. The maximum atomic E-state index is 12.8. The van der Waals surface area contributed by atoms with Gasteiger partial charge in [-0.15, -0.1) is 0 Å². The lowest BCUT2D eigenvalue weighted by molar-refractivity contribution is -0.120. The molecule has 2 aromatic rings. The van der Waals surface area contributed by atoms with Gasteiger partial charge < -0.3 is 5.32 Å². The standard InChI is InChI=1S/C24H29N3O3S/c1-19(26-17-13-21(14-18-26)20-7-3-2-4-8-20)24(28)25-22-9-11-23(12-10-22)31(29,30)27-15-5-6-16-27/h2-4,7-13,19H,5-6,14-18H2,1H3,(H,25,28). The molecule has 2 aromatic carbocycles. The van der Waals surface area contributed by atoms with Crippen molar-refractivity contribution in [1.82, 2.24) is 9.21 Å². The number of amides is 1. The zero-order valence-electron chi connectivity index (χ0n) is 17.8. The highest BCUT2D eigenvalue weighted by atomic mass is 32.2. The highest BCUT2D eigenvalue weighted by Gasteiger charge is 2.27. The number of hydrogen-bond donors (Lipinski definition) is 1. The van der Waals surface area contributed by atoms with E-state index in [4.69, 9.17) is 0 Å². The van der Waals surface area contributed by atoms with Crippen LogP contribution in [0, 0.1) is 0 Å². The van der Waals surface area contributed by atoms with E-state index in [1.165, 1.54) is 15.4 Å². The molecule has 1 unspecified atom stereocenters. The maximum absolute atomic E-state index is 12.8. The van der Waals surface area contributed by atoms with Crippen LogP contribution in [0.5, 0.6) is 0 Å². The molecule has 0 aliphatic carbocycles. The molecule has 0 aromatic heterocycles. The Bertz CT molecular complexity index is 1040. The molecule has 2 aliphatic rings. The van der Waals surface area contributed by atoms with Gasteiger partial charge in [-0.1, -0.05) is 36.4 Å². The smallest absolute Gasteiger partial charge is 0.243 e. The van der Waals surface area contributed by atoms with Crippen molar-refractivity contribution in [3.05, 3.63) is 66.2 Å². The van der Waals surface area contributed by atoms with Crippen molar-refractivity contribution >= 4 is 27.2 Å². The van der Waals surface area contributed by atoms with Crippen molar-refractivity contribution in [3.8, 4) is 0 Å². The maximum Gasteiger partial charge on any atom is 0.243 e. The second-order valence-corrected chi connectivity index (χ2v) is 10.1. The van der Waals surface area contributed by atoms with Crippen LogP contribution in [-0.4, -0.2) is 55.8 Å². The van der Waals surface area contributed by atoms with Crippen LogP contribution in [0.25, 0.3) is 5.57 Å². The van der Waals surface area contributed by atoms with Crippen LogP contribution >= 0.6 is 0 Å². The van der Waals surface area contributed by atoms with Crippen LogP contribution in [0.4, 0.5) is 5.69 Å². The summed E-state index contributed by atoms with van der Waals surface area (Å²) in [5.74, 6) is -0.0910. The minimum atomic E-state index is -3.44. The molecule has 1 fully saturated rings. The summed E-state index contributed by atoms with van der Waals surface area (Å²) in [6.45, 7) is 4.61. The molecule has 0 bridgehead atoms. The first kappa shape index (κ1) is 21.7. The molecule has 4 rings (SSSR count). The Morgan fingerprint density at radius 3 is 2.26 bits per heavy atom. The molecule has 7 heteroatoms. The van der Waals surface area contributed by atoms with Gasteiger partial charge in [0, 0.05) is 31.9 Å². The Kier molecular flexibility index (Phi) is 6.55. The molecule has 2 heterocycles. The van der Waals surface area contributed by atoms with Crippen molar-refractivity contribution in [2.45, 2.75) is 37.1 Å². The third-order valence-corrected chi connectivity index (χ3v) is 8.05. The van der Waals surface area contributed by atoms with Gasteiger partial charge in [0.05, 0.1) is 10.9 Å². The monoisotopic (exact) mass is 439 g/mol. The molecule has 6 nitrogen and oxygen atoms in total. The van der Waals surface area contributed by atoms with Crippen LogP contribution < -0.4 is 5.32 Å². The van der Waals surface area contributed by atoms with E-state index in [9.17, 15) is 13.2 Å². The first-order chi connectivity index (χ1) is 14.9. The summed E-state index contributed by atoms with van der Waals surface area (Å²) in [6, 6.07) is 16.5. The Hall–Kier alpha value is -2.48. The molecule has 31 heavy (non-hydrogen) atoms. The van der Waals surface area contributed by atoms with E-state index in [1.807, 2.05) is 25.1 Å². The normalized spacial score (nSPS) is 19.1. The third-order valence-electron chi connectivity index (χ3n) is 6.14. The number of hydrogen-bond acceptors (Lipinski definition) is 4. The number of rotatable bonds is 6. The number of benzene rings is 2. The molecule has 1 saturated heterocycles. The van der Waals surface area contributed by atoms with Crippen molar-refractivity contribution in [2.24, 2.45) is 0 Å². The molecule has 1 atom stereocenters. The lowest BCUT2D eigenvalue weighted by atomic mass is 9.99. The predicted octanol–water partition coefficient (Wildman–Crippen LogP) is 3.59. The second-order valence-electron chi connectivity index (χ2n) is 8.14. The minimum Gasteiger partial charge on any atom is -0.325 e. The Morgan fingerprint density at radius 2 is 1.65 bits per heavy atom. The minimum absolute atomic E-state index is 0.0910. The summed E-state index contributed by atoms with van der Waals surface area (Å²) in [5.41, 5.74) is 3.16. The first-order valence-electron chi connectivity index (χ1n) is 10.8. The fourth-order valence-corrected chi connectivity index (χ4v) is 5.67. The molecular weight excluding hydrogens is 410 g/mol. The van der Waals surface area contributed by atoms with Gasteiger partial charge in [0.25, 0.3) is 0 Å². The number of nitrogens with one attached hydrogen (secondary N) is 1. The summed E-state index contributed by atoms with van der Waals surface area (Å²) < 4.78 is 26.8. The molecule has 1 amide bonds. The molecule has 0 radical (unpaired) electrons. The first-order valence-corrected chi connectivity index (χ1v) is 12.3. The molecule has 0 saturated carbocycles. The van der Waals surface area contributed by atoms with E-state index in [2.05, 4.69) is 28.4 Å². The van der Waals surface area contributed by atoms with E-state index in [0.717, 1.165) is 32.4 Å². The summed E-state index contributed by atoms with van der Waals surface area (Å²) in [6.07, 6.45) is 4.92. The van der Waals surface area contributed by atoms with Crippen LogP contribution in [0.2, 0.25) is 0 Å². The quantitative estimate of drug-likeness (QED) is 0.747. The number of anilines is 1. The topological polar surface area (TPSA) is 69.7 Å². The van der Waals surface area contributed by atoms with Gasteiger partial charge in [0.1, 0.15) is 0 Å². The van der Waals surface area contributed by atoms with Crippen LogP contribution in [0.1, 0.15) is 31.7 Å². The van der Waals surface area contributed by atoms with Crippen LogP contribution in [0.3, 0.4) is 0 Å². The van der Waals surface area contributed by atoms with Crippen LogP contribution in [0.15, 0.2) is 65.6 Å². The van der Waals surface area contributed by atoms with Gasteiger partial charge in [-0.2, -0.15) is 4.31 Å². The molecular formula is C24H29N3O3S. The number of carbonyl (C=O) groups is 1. The third kappa shape index (κ3) is 4.89. The highest BCUT2D eigenvalue weighted by Crippen LogP contribution is 2.24. The van der Waals surface area contributed by atoms with Gasteiger partial charge in [0.15, 0.2) is 0 Å². The van der Waals surface area contributed by atoms with Gasteiger partial charge in [0.2, 0.25) is 15.9 Å². The lowest BCUT2D eigenvalue weighted by Crippen LogP contribution is -2.44. The highest BCUT2D eigenvalue weighted by molar-refractivity contribution is 7.89. The average Bonchev–Trinajstić information content (AvgIpc) is 3.36. The van der Waals surface area contributed by atoms with Gasteiger partial charge in [-0.05, 0) is 61.6 Å². The van der Waals surface area contributed by atoms with E-state index >= 15 is 0 Å². The van der Waals surface area contributed by atoms with Crippen molar-refractivity contribution < 1.29 is 13.2 Å². The summed E-state index contributed by atoms with van der Waals surface area (Å²) in [7, 11) is -3.44. The lowest BCUT2D eigenvalue weighted by Gasteiger charge is -2.31. The summed E-state index contributed by atoms with van der Waals surface area (Å²) in [4.78, 5) is 15.2. The SMILES string of the molecule is CC(C(=O)Nc1ccc(S(=O)(=O)N2CCCC2)cc1)N1CC=C(c2ccccc2)CC1. The average molecular weight is 440 g/mol. The van der Waals surface area contributed by atoms with Crippen molar-refractivity contribution in [2.75, 3.05) is 31.5 Å². The largest absolute Gasteiger partial charge is 0.325 e. The predicted molar refractivity (Wildman–Crippen MR) is 123 cm³/mol. The zero-order valence-corrected chi connectivity index (χ0v) is 18.6. The zero-order chi connectivity index (χ0) is 21.8. The fraction of sp³-hybridized carbons (Fsp3) is 0.375. The van der Waals surface area contributed by atoms with E-state index in [-0.39, 0.29) is 16.8 Å². The fourth-order valence-electron chi connectivity index (χ4n) is 4.15.